The zero-order chi connectivity index (χ0) is 19.9. The molecule has 0 aliphatic carbocycles. The predicted octanol–water partition coefficient (Wildman–Crippen LogP) is 6.83. The summed E-state index contributed by atoms with van der Waals surface area (Å²) >= 11 is 0. The molecule has 138 valence electrons. The van der Waals surface area contributed by atoms with Gasteiger partial charge >= 0.3 is 8.80 Å². The average molecular weight is 372 g/mol. The standard InChI is InChI=1S/C26H31Si/c1-16-12-18(3)24(19(4)13-16)22-10-9-11-23(26(22)27(7)8)25-20(5)14-17(2)15-21(25)6/h9-15H,1-8H3/q+1. The van der Waals surface area contributed by atoms with E-state index in [-0.39, 0.29) is 0 Å². The lowest BCUT2D eigenvalue weighted by atomic mass is 9.89. The maximum Gasteiger partial charge on any atom is 0.347 e. The minimum absolute atomic E-state index is 0.652. The molecule has 0 aliphatic heterocycles. The molecule has 0 bridgehead atoms. The van der Waals surface area contributed by atoms with E-state index in [1.165, 1.54) is 55.6 Å². The summed E-state index contributed by atoms with van der Waals surface area (Å²) in [5.74, 6) is 0. The Morgan fingerprint density at radius 3 is 1.19 bits per heavy atom. The van der Waals surface area contributed by atoms with E-state index in [0.29, 0.717) is 0 Å². The zero-order valence-corrected chi connectivity index (χ0v) is 19.0. The third kappa shape index (κ3) is 3.66. The van der Waals surface area contributed by atoms with E-state index in [1.54, 1.807) is 5.19 Å². The smallest absolute Gasteiger partial charge is 0.0608 e. The Labute approximate surface area is 166 Å². The molecule has 0 N–H and O–H groups in total. The van der Waals surface area contributed by atoms with Crippen molar-refractivity contribution in [2.75, 3.05) is 0 Å². The first kappa shape index (κ1) is 19.6. The molecule has 0 heterocycles. The highest BCUT2D eigenvalue weighted by Gasteiger charge is 2.28. The van der Waals surface area contributed by atoms with Crippen LogP contribution in [-0.2, 0) is 0 Å². The predicted molar refractivity (Wildman–Crippen MR) is 123 cm³/mol. The molecule has 3 rings (SSSR count). The van der Waals surface area contributed by atoms with Gasteiger partial charge in [-0.25, -0.2) is 0 Å². The van der Waals surface area contributed by atoms with Crippen LogP contribution in [0.5, 0.6) is 0 Å². The van der Waals surface area contributed by atoms with Gasteiger partial charge in [0, 0.05) is 11.1 Å². The van der Waals surface area contributed by atoms with Crippen LogP contribution in [0.25, 0.3) is 22.3 Å². The summed E-state index contributed by atoms with van der Waals surface area (Å²) in [6, 6.07) is 16.2. The van der Waals surface area contributed by atoms with Crippen molar-refractivity contribution < 1.29 is 0 Å². The largest absolute Gasteiger partial charge is 0.347 e. The van der Waals surface area contributed by atoms with E-state index in [4.69, 9.17) is 0 Å². The average Bonchev–Trinajstić information content (AvgIpc) is 2.52. The Morgan fingerprint density at radius 2 is 0.889 bits per heavy atom. The molecule has 1 heteroatoms. The van der Waals surface area contributed by atoms with Gasteiger partial charge in [-0.3, -0.25) is 0 Å². The van der Waals surface area contributed by atoms with Gasteiger partial charge in [-0.2, -0.15) is 0 Å². The molecule has 0 amide bonds. The van der Waals surface area contributed by atoms with Crippen LogP contribution in [-0.4, -0.2) is 8.80 Å². The summed E-state index contributed by atoms with van der Waals surface area (Å²) in [4.78, 5) is 0. The molecule has 0 nitrogen and oxygen atoms in total. The summed E-state index contributed by atoms with van der Waals surface area (Å²) in [6.07, 6.45) is 0. The normalized spacial score (nSPS) is 11.0. The van der Waals surface area contributed by atoms with E-state index in [1.807, 2.05) is 0 Å². The summed E-state index contributed by atoms with van der Waals surface area (Å²) in [5.41, 5.74) is 13.9. The molecular weight excluding hydrogens is 340 g/mol. The van der Waals surface area contributed by atoms with Crippen LogP contribution in [0, 0.1) is 41.5 Å². The van der Waals surface area contributed by atoms with Crippen molar-refractivity contribution >= 4 is 14.0 Å². The van der Waals surface area contributed by atoms with E-state index < -0.39 is 8.80 Å². The van der Waals surface area contributed by atoms with E-state index in [0.717, 1.165) is 0 Å². The van der Waals surface area contributed by atoms with Gasteiger partial charge in [0.25, 0.3) is 0 Å². The van der Waals surface area contributed by atoms with Gasteiger partial charge < -0.3 is 0 Å². The Kier molecular flexibility index (Phi) is 5.44. The summed E-state index contributed by atoms with van der Waals surface area (Å²) in [5, 5.41) is 1.56. The lowest BCUT2D eigenvalue weighted by molar-refractivity contribution is 1.31. The fourth-order valence-electron chi connectivity index (χ4n) is 4.72. The first-order valence-corrected chi connectivity index (χ1v) is 12.3. The number of rotatable bonds is 3. The third-order valence-corrected chi connectivity index (χ3v) is 7.00. The van der Waals surface area contributed by atoms with Crippen LogP contribution in [0.4, 0.5) is 0 Å². The van der Waals surface area contributed by atoms with Gasteiger partial charge in [-0.1, -0.05) is 53.6 Å². The first-order chi connectivity index (χ1) is 12.7. The van der Waals surface area contributed by atoms with Crippen molar-refractivity contribution in [2.24, 2.45) is 0 Å². The van der Waals surface area contributed by atoms with Gasteiger partial charge in [-0.15, -0.1) is 0 Å². The number of benzene rings is 3. The van der Waals surface area contributed by atoms with Crippen LogP contribution in [0.15, 0.2) is 42.5 Å². The molecule has 0 radical (unpaired) electrons. The van der Waals surface area contributed by atoms with Gasteiger partial charge in [0.15, 0.2) is 0 Å². The van der Waals surface area contributed by atoms with Crippen molar-refractivity contribution in [1.29, 1.82) is 0 Å². The first-order valence-electron chi connectivity index (χ1n) is 9.80. The molecule has 0 atom stereocenters. The SMILES string of the molecule is Cc1cc(C)c(-c2cccc(-c3c(C)cc(C)cc3C)c2[Si+](C)C)c(C)c1. The van der Waals surface area contributed by atoms with Gasteiger partial charge in [-0.05, 0) is 74.9 Å². The number of hydrogen-bond acceptors (Lipinski definition) is 0. The summed E-state index contributed by atoms with van der Waals surface area (Å²) < 4.78 is 0. The van der Waals surface area contributed by atoms with Crippen molar-refractivity contribution in [3.63, 3.8) is 0 Å². The van der Waals surface area contributed by atoms with Crippen molar-refractivity contribution in [1.82, 2.24) is 0 Å². The fourth-order valence-corrected chi connectivity index (χ4v) is 6.21. The second-order valence-electron chi connectivity index (χ2n) is 8.28. The second-order valence-corrected chi connectivity index (χ2v) is 10.8. The third-order valence-electron chi connectivity index (χ3n) is 5.46. The molecule has 0 spiro atoms. The van der Waals surface area contributed by atoms with Crippen LogP contribution in [0.1, 0.15) is 33.4 Å². The Bertz CT molecular complexity index is 887. The van der Waals surface area contributed by atoms with Crippen LogP contribution >= 0.6 is 0 Å². The summed E-state index contributed by atoms with van der Waals surface area (Å²) in [6.45, 7) is 18.2. The quantitative estimate of drug-likeness (QED) is 0.442. The van der Waals surface area contributed by atoms with Crippen LogP contribution in [0.3, 0.4) is 0 Å². The second kappa shape index (κ2) is 7.48. The minimum atomic E-state index is -0.652. The van der Waals surface area contributed by atoms with E-state index in [9.17, 15) is 0 Å². The molecule has 3 aromatic carbocycles. The van der Waals surface area contributed by atoms with Gasteiger partial charge in [0.1, 0.15) is 5.19 Å². The molecular formula is C26H31Si+. The Morgan fingerprint density at radius 1 is 0.556 bits per heavy atom. The monoisotopic (exact) mass is 371 g/mol. The highest BCUT2D eigenvalue weighted by Crippen LogP contribution is 2.33. The molecule has 0 fully saturated rings. The Hall–Kier alpha value is -2.12. The fraction of sp³-hybridized carbons (Fsp3) is 0.308. The molecule has 0 aliphatic rings. The number of hydrogen-bond donors (Lipinski definition) is 0. The van der Waals surface area contributed by atoms with Crippen LogP contribution < -0.4 is 5.19 Å². The molecule has 3 aromatic rings. The van der Waals surface area contributed by atoms with Crippen molar-refractivity contribution in [3.8, 4) is 22.3 Å². The molecule has 0 saturated carbocycles. The zero-order valence-electron chi connectivity index (χ0n) is 18.0. The summed E-state index contributed by atoms with van der Waals surface area (Å²) in [7, 11) is -0.652. The lowest BCUT2D eigenvalue weighted by Gasteiger charge is -2.18. The van der Waals surface area contributed by atoms with Gasteiger partial charge in [0.2, 0.25) is 0 Å². The molecule has 0 saturated heterocycles. The minimum Gasteiger partial charge on any atom is -0.0608 e. The molecule has 0 unspecified atom stereocenters. The topological polar surface area (TPSA) is 0 Å². The van der Waals surface area contributed by atoms with Crippen molar-refractivity contribution in [3.05, 3.63) is 75.8 Å². The van der Waals surface area contributed by atoms with E-state index in [2.05, 4.69) is 97.1 Å². The molecule has 0 aromatic heterocycles. The lowest BCUT2D eigenvalue weighted by Crippen LogP contribution is -2.28. The van der Waals surface area contributed by atoms with E-state index >= 15 is 0 Å². The number of aryl methyl sites for hydroxylation is 6. The Balaban J connectivity index is 2.37. The van der Waals surface area contributed by atoms with Gasteiger partial charge in [0.05, 0.1) is 13.1 Å². The molecule has 27 heavy (non-hydrogen) atoms. The maximum atomic E-state index is 2.42. The van der Waals surface area contributed by atoms with Crippen LogP contribution in [0.2, 0.25) is 13.1 Å². The highest BCUT2D eigenvalue weighted by atomic mass is 28.3. The maximum absolute atomic E-state index is 2.42. The van der Waals surface area contributed by atoms with Crippen molar-refractivity contribution in [2.45, 2.75) is 54.6 Å². The highest BCUT2D eigenvalue weighted by molar-refractivity contribution is 6.73.